The maximum absolute atomic E-state index is 12.1. The van der Waals surface area contributed by atoms with Crippen LogP contribution in [0.1, 0.15) is 85.0 Å². The van der Waals surface area contributed by atoms with Crippen molar-refractivity contribution in [2.45, 2.75) is 103 Å². The van der Waals surface area contributed by atoms with Gasteiger partial charge in [-0.3, -0.25) is 4.79 Å². The summed E-state index contributed by atoms with van der Waals surface area (Å²) in [5.41, 5.74) is 0.976. The summed E-state index contributed by atoms with van der Waals surface area (Å²) in [6, 6.07) is 0. The van der Waals surface area contributed by atoms with Gasteiger partial charge in [-0.1, -0.05) is 32.4 Å². The Bertz CT molecular complexity index is 772. The third-order valence-electron chi connectivity index (χ3n) is 10.7. The summed E-state index contributed by atoms with van der Waals surface area (Å²) >= 11 is 0. The molecule has 0 bridgehead atoms. The van der Waals surface area contributed by atoms with Crippen LogP contribution in [0.5, 0.6) is 0 Å². The second-order valence-electron chi connectivity index (χ2n) is 12.2. The Morgan fingerprint density at radius 1 is 1.22 bits per heavy atom. The van der Waals surface area contributed by atoms with Crippen molar-refractivity contribution in [1.82, 2.24) is 0 Å². The zero-order valence-corrected chi connectivity index (χ0v) is 20.1. The minimum absolute atomic E-state index is 0.0208. The maximum Gasteiger partial charge on any atom is 0.306 e. The van der Waals surface area contributed by atoms with Gasteiger partial charge in [0, 0.05) is 12.0 Å². The molecule has 5 nitrogen and oxygen atoms in total. The second kappa shape index (κ2) is 8.09. The number of carbonyl (C=O) groups is 1. The molecular formula is C27H42O5. The van der Waals surface area contributed by atoms with Gasteiger partial charge in [-0.15, -0.1) is 0 Å². The molecule has 32 heavy (non-hydrogen) atoms. The maximum atomic E-state index is 12.1. The number of rotatable bonds is 4. The first-order valence-electron chi connectivity index (χ1n) is 13.0. The van der Waals surface area contributed by atoms with Crippen molar-refractivity contribution in [2.75, 3.05) is 13.2 Å². The highest BCUT2D eigenvalue weighted by Crippen LogP contribution is 2.69. The van der Waals surface area contributed by atoms with Crippen molar-refractivity contribution in [2.24, 2.45) is 34.5 Å². The molecule has 3 saturated carbocycles. The number of aliphatic hydroxyl groups excluding tert-OH is 1. The number of hydrogen-bond acceptors (Lipinski definition) is 4. The fraction of sp³-hybridized carbons (Fsp3) is 0.889. The van der Waals surface area contributed by atoms with Gasteiger partial charge >= 0.3 is 5.97 Å². The van der Waals surface area contributed by atoms with Gasteiger partial charge in [0.05, 0.1) is 30.8 Å². The molecule has 0 radical (unpaired) electrons. The topological polar surface area (TPSA) is 76.0 Å². The van der Waals surface area contributed by atoms with Gasteiger partial charge in [0.15, 0.2) is 0 Å². The molecule has 4 aliphatic carbocycles. The molecule has 2 N–H and O–H groups in total. The van der Waals surface area contributed by atoms with Crippen LogP contribution in [0.25, 0.3) is 0 Å². The minimum Gasteiger partial charge on any atom is -0.481 e. The average molecular weight is 447 g/mol. The van der Waals surface area contributed by atoms with Gasteiger partial charge in [-0.05, 0) is 86.9 Å². The third-order valence-corrected chi connectivity index (χ3v) is 10.7. The van der Waals surface area contributed by atoms with Crippen LogP contribution in [0.4, 0.5) is 0 Å². The molecule has 1 aliphatic heterocycles. The van der Waals surface area contributed by atoms with Gasteiger partial charge in [0.2, 0.25) is 0 Å². The fourth-order valence-electron chi connectivity index (χ4n) is 8.97. The highest BCUT2D eigenvalue weighted by atomic mass is 16.6. The first-order chi connectivity index (χ1) is 15.2. The molecule has 0 aromatic heterocycles. The molecule has 5 heteroatoms. The normalized spacial score (nSPS) is 50.7. The molecule has 0 aromatic rings. The third kappa shape index (κ3) is 3.41. The predicted octanol–water partition coefficient (Wildman–Crippen LogP) is 4.97. The van der Waals surface area contributed by atoms with Crippen molar-refractivity contribution >= 4 is 5.97 Å². The van der Waals surface area contributed by atoms with Crippen molar-refractivity contribution in [3.05, 3.63) is 11.6 Å². The van der Waals surface area contributed by atoms with E-state index in [9.17, 15) is 15.0 Å². The number of hydrogen-bond donors (Lipinski definition) is 2. The van der Waals surface area contributed by atoms with Crippen molar-refractivity contribution in [3.8, 4) is 0 Å². The van der Waals surface area contributed by atoms with Gasteiger partial charge in [-0.2, -0.15) is 0 Å². The van der Waals surface area contributed by atoms with E-state index in [1.807, 2.05) is 0 Å². The highest BCUT2D eigenvalue weighted by molar-refractivity contribution is 5.68. The Morgan fingerprint density at radius 2 is 2.00 bits per heavy atom. The Hall–Kier alpha value is -0.910. The van der Waals surface area contributed by atoms with E-state index in [2.05, 4.69) is 26.8 Å². The number of allylic oxidation sites excluding steroid dienone is 1. The average Bonchev–Trinajstić information content (AvgIpc) is 3.01. The Kier molecular flexibility index (Phi) is 5.78. The SMILES string of the molecule is C[C@@H]1C[C@@]2(C)C(=CC[C@@H]3[C@@H]2CC[C@@]2(C)[C@H]3CC[C@]2(CC(=O)O)OC2CCCOC2)C[C@H]1O. The lowest BCUT2D eigenvalue weighted by atomic mass is 9.46. The molecule has 5 aliphatic rings. The van der Waals surface area contributed by atoms with E-state index >= 15 is 0 Å². The van der Waals surface area contributed by atoms with Crippen LogP contribution in [0.15, 0.2) is 11.6 Å². The quantitative estimate of drug-likeness (QED) is 0.597. The summed E-state index contributed by atoms with van der Waals surface area (Å²) in [5.74, 6) is 1.33. The van der Waals surface area contributed by atoms with Gasteiger partial charge in [0.25, 0.3) is 0 Å². The first-order valence-corrected chi connectivity index (χ1v) is 13.0. The zero-order chi connectivity index (χ0) is 22.7. The van der Waals surface area contributed by atoms with Crippen LogP contribution < -0.4 is 0 Å². The molecule has 180 valence electrons. The van der Waals surface area contributed by atoms with E-state index in [0.29, 0.717) is 30.3 Å². The van der Waals surface area contributed by atoms with E-state index in [-0.39, 0.29) is 29.5 Å². The van der Waals surface area contributed by atoms with Gasteiger partial charge < -0.3 is 19.7 Å². The van der Waals surface area contributed by atoms with Crippen LogP contribution in [0.3, 0.4) is 0 Å². The summed E-state index contributed by atoms with van der Waals surface area (Å²) in [4.78, 5) is 12.1. The Morgan fingerprint density at radius 3 is 2.72 bits per heavy atom. The van der Waals surface area contributed by atoms with E-state index in [1.54, 1.807) is 0 Å². The lowest BCUT2D eigenvalue weighted by Crippen LogP contribution is -2.57. The van der Waals surface area contributed by atoms with E-state index in [4.69, 9.17) is 9.47 Å². The summed E-state index contributed by atoms with van der Waals surface area (Å²) in [6.45, 7) is 8.39. The molecule has 9 atom stereocenters. The molecule has 0 spiro atoms. The summed E-state index contributed by atoms with van der Waals surface area (Å²) < 4.78 is 12.5. The van der Waals surface area contributed by atoms with Crippen LogP contribution >= 0.6 is 0 Å². The number of ether oxygens (including phenoxy) is 2. The van der Waals surface area contributed by atoms with Gasteiger partial charge in [0.1, 0.15) is 0 Å². The molecule has 4 fully saturated rings. The number of fused-ring (bicyclic) bond motifs is 5. The molecule has 1 unspecified atom stereocenters. The number of carboxylic acids is 1. The van der Waals surface area contributed by atoms with Crippen molar-refractivity contribution < 1.29 is 24.5 Å². The van der Waals surface area contributed by atoms with Crippen molar-refractivity contribution in [3.63, 3.8) is 0 Å². The monoisotopic (exact) mass is 446 g/mol. The van der Waals surface area contributed by atoms with Crippen LogP contribution in [0.2, 0.25) is 0 Å². The Labute approximate surface area is 192 Å². The summed E-state index contributed by atoms with van der Waals surface area (Å²) in [7, 11) is 0. The molecule has 5 rings (SSSR count). The Balaban J connectivity index is 1.45. The lowest BCUT2D eigenvalue weighted by Gasteiger charge is -2.60. The van der Waals surface area contributed by atoms with Crippen LogP contribution in [0, 0.1) is 34.5 Å². The first kappa shape index (κ1) is 22.9. The highest BCUT2D eigenvalue weighted by Gasteiger charge is 2.65. The number of carboxylic acid groups (broad SMARTS) is 1. The summed E-state index contributed by atoms with van der Waals surface area (Å²) in [5, 5.41) is 20.4. The van der Waals surface area contributed by atoms with E-state index in [1.165, 1.54) is 5.57 Å². The van der Waals surface area contributed by atoms with Gasteiger partial charge in [-0.25, -0.2) is 0 Å². The molecule has 0 aromatic carbocycles. The smallest absolute Gasteiger partial charge is 0.306 e. The second-order valence-corrected chi connectivity index (χ2v) is 12.2. The van der Waals surface area contributed by atoms with E-state index in [0.717, 1.165) is 64.4 Å². The largest absolute Gasteiger partial charge is 0.481 e. The molecule has 1 saturated heterocycles. The zero-order valence-electron chi connectivity index (χ0n) is 20.1. The predicted molar refractivity (Wildman–Crippen MR) is 122 cm³/mol. The van der Waals surface area contributed by atoms with E-state index < -0.39 is 11.6 Å². The van der Waals surface area contributed by atoms with Crippen molar-refractivity contribution in [1.29, 1.82) is 0 Å². The minimum atomic E-state index is -0.737. The fourth-order valence-corrected chi connectivity index (χ4v) is 8.97. The number of aliphatic carboxylic acids is 1. The van der Waals surface area contributed by atoms with Crippen LogP contribution in [-0.4, -0.2) is 47.2 Å². The standard InChI is InChI=1S/C27H42O5/c1-17-14-25(2)18(13-23(17)28)6-7-20-21(25)8-10-26(3)22(20)9-11-27(26,15-24(29)30)32-19-5-4-12-31-16-19/h6,17,19-23,28H,4-5,7-16H2,1-3H3,(H,29,30)/t17-,19?,20-,21+,22+,23-,25+,26+,27-/m1/s1. The van der Waals surface area contributed by atoms with Crippen LogP contribution in [-0.2, 0) is 14.3 Å². The number of aliphatic hydroxyl groups is 1. The summed E-state index contributed by atoms with van der Waals surface area (Å²) in [6.07, 6.45) is 11.4. The molecule has 1 heterocycles. The molecule has 0 amide bonds. The lowest BCUT2D eigenvalue weighted by molar-refractivity contribution is -0.208. The molecular weight excluding hydrogens is 404 g/mol.